The molecule has 2 N–H and O–H groups in total. The zero-order valence-electron chi connectivity index (χ0n) is 14.8. The standard InChI is InChI=1S/C23H20N2O2/c26-23(15-14-17-16-24-20-11-5-4-10-19(17)20)25-21-12-6-7-13-22(21)27-18-8-2-1-3-9-18/h1-13,16,24H,14-15H2,(H,25,26). The molecule has 0 aliphatic heterocycles. The van der Waals surface area contributed by atoms with Gasteiger partial charge in [-0.1, -0.05) is 48.5 Å². The predicted molar refractivity (Wildman–Crippen MR) is 108 cm³/mol. The van der Waals surface area contributed by atoms with Crippen LogP contribution in [0.2, 0.25) is 0 Å². The van der Waals surface area contributed by atoms with E-state index in [-0.39, 0.29) is 5.91 Å². The fraction of sp³-hybridized carbons (Fsp3) is 0.0870. The second-order valence-electron chi connectivity index (χ2n) is 6.32. The van der Waals surface area contributed by atoms with Gasteiger partial charge in [-0.2, -0.15) is 0 Å². The minimum Gasteiger partial charge on any atom is -0.455 e. The Balaban J connectivity index is 1.42. The first-order valence-corrected chi connectivity index (χ1v) is 8.96. The van der Waals surface area contributed by atoms with Crippen LogP contribution >= 0.6 is 0 Å². The number of H-pyrrole nitrogens is 1. The lowest BCUT2D eigenvalue weighted by Gasteiger charge is -2.12. The number of amides is 1. The lowest BCUT2D eigenvalue weighted by Crippen LogP contribution is -2.12. The van der Waals surface area contributed by atoms with E-state index in [0.717, 1.165) is 22.2 Å². The number of anilines is 1. The molecule has 0 aliphatic carbocycles. The maximum absolute atomic E-state index is 12.5. The molecule has 4 rings (SSSR count). The van der Waals surface area contributed by atoms with Crippen molar-refractivity contribution in [1.29, 1.82) is 0 Å². The average Bonchev–Trinajstić information content (AvgIpc) is 3.12. The summed E-state index contributed by atoms with van der Waals surface area (Å²) in [6, 6.07) is 25.1. The number of carbonyl (C=O) groups is 1. The van der Waals surface area contributed by atoms with Crippen LogP contribution in [-0.4, -0.2) is 10.9 Å². The van der Waals surface area contributed by atoms with Gasteiger partial charge in [0.05, 0.1) is 5.69 Å². The lowest BCUT2D eigenvalue weighted by molar-refractivity contribution is -0.116. The number of aryl methyl sites for hydroxylation is 1. The Hall–Kier alpha value is -3.53. The van der Waals surface area contributed by atoms with Crippen molar-refractivity contribution < 1.29 is 9.53 Å². The topological polar surface area (TPSA) is 54.1 Å². The normalized spacial score (nSPS) is 10.7. The number of carbonyl (C=O) groups excluding carboxylic acids is 1. The van der Waals surface area contributed by atoms with Gasteiger partial charge in [-0.3, -0.25) is 4.79 Å². The number of hydrogen-bond acceptors (Lipinski definition) is 2. The molecule has 1 amide bonds. The third-order valence-corrected chi connectivity index (χ3v) is 4.43. The van der Waals surface area contributed by atoms with Gasteiger partial charge in [0.1, 0.15) is 5.75 Å². The Morgan fingerprint density at radius 3 is 2.52 bits per heavy atom. The first kappa shape index (κ1) is 16.9. The molecule has 0 fully saturated rings. The Labute approximate surface area is 157 Å². The van der Waals surface area contributed by atoms with E-state index in [4.69, 9.17) is 4.74 Å². The monoisotopic (exact) mass is 356 g/mol. The van der Waals surface area contributed by atoms with Crippen LogP contribution in [0.3, 0.4) is 0 Å². The molecule has 3 aromatic carbocycles. The molecule has 0 saturated carbocycles. The number of fused-ring (bicyclic) bond motifs is 1. The number of ether oxygens (including phenoxy) is 1. The smallest absolute Gasteiger partial charge is 0.224 e. The first-order valence-electron chi connectivity index (χ1n) is 8.96. The predicted octanol–water partition coefficient (Wildman–Crippen LogP) is 5.53. The molecular weight excluding hydrogens is 336 g/mol. The van der Waals surface area contributed by atoms with Crippen LogP contribution in [-0.2, 0) is 11.2 Å². The number of aromatic nitrogens is 1. The maximum Gasteiger partial charge on any atom is 0.224 e. The zero-order valence-corrected chi connectivity index (χ0v) is 14.8. The minimum atomic E-state index is -0.0376. The summed E-state index contributed by atoms with van der Waals surface area (Å²) in [5, 5.41) is 4.13. The second kappa shape index (κ2) is 7.79. The minimum absolute atomic E-state index is 0.0376. The van der Waals surface area contributed by atoms with Crippen molar-refractivity contribution in [2.75, 3.05) is 5.32 Å². The molecule has 4 heteroatoms. The lowest BCUT2D eigenvalue weighted by atomic mass is 10.1. The number of para-hydroxylation sites is 4. The van der Waals surface area contributed by atoms with Gasteiger partial charge in [0, 0.05) is 23.5 Å². The van der Waals surface area contributed by atoms with E-state index in [1.807, 2.05) is 79.0 Å². The quantitative estimate of drug-likeness (QED) is 0.477. The van der Waals surface area contributed by atoms with Crippen molar-refractivity contribution in [3.05, 3.63) is 90.6 Å². The fourth-order valence-electron chi connectivity index (χ4n) is 3.07. The average molecular weight is 356 g/mol. The van der Waals surface area contributed by atoms with Crippen LogP contribution in [0.25, 0.3) is 10.9 Å². The largest absolute Gasteiger partial charge is 0.455 e. The molecule has 0 spiro atoms. The maximum atomic E-state index is 12.5. The van der Waals surface area contributed by atoms with E-state index in [9.17, 15) is 4.79 Å². The molecule has 0 radical (unpaired) electrons. The van der Waals surface area contributed by atoms with Crippen molar-refractivity contribution >= 4 is 22.5 Å². The zero-order chi connectivity index (χ0) is 18.5. The molecule has 0 bridgehead atoms. The molecular formula is C23H20N2O2. The van der Waals surface area contributed by atoms with Crippen molar-refractivity contribution in [3.8, 4) is 11.5 Å². The van der Waals surface area contributed by atoms with E-state index in [1.54, 1.807) is 0 Å². The third-order valence-electron chi connectivity index (χ3n) is 4.43. The van der Waals surface area contributed by atoms with E-state index in [2.05, 4.69) is 16.4 Å². The molecule has 134 valence electrons. The SMILES string of the molecule is O=C(CCc1c[nH]c2ccccc12)Nc1ccccc1Oc1ccccc1. The van der Waals surface area contributed by atoms with Crippen molar-refractivity contribution in [3.63, 3.8) is 0 Å². The Morgan fingerprint density at radius 2 is 1.63 bits per heavy atom. The van der Waals surface area contributed by atoms with Crippen LogP contribution in [0.15, 0.2) is 85.1 Å². The van der Waals surface area contributed by atoms with E-state index in [1.165, 1.54) is 0 Å². The van der Waals surface area contributed by atoms with Gasteiger partial charge in [0.15, 0.2) is 5.75 Å². The van der Waals surface area contributed by atoms with Gasteiger partial charge >= 0.3 is 0 Å². The highest BCUT2D eigenvalue weighted by molar-refractivity contribution is 5.93. The van der Waals surface area contributed by atoms with Gasteiger partial charge in [-0.05, 0) is 42.3 Å². The summed E-state index contributed by atoms with van der Waals surface area (Å²) < 4.78 is 5.90. The van der Waals surface area contributed by atoms with Crippen LogP contribution in [0.1, 0.15) is 12.0 Å². The Morgan fingerprint density at radius 1 is 0.889 bits per heavy atom. The summed E-state index contributed by atoms with van der Waals surface area (Å²) in [5.74, 6) is 1.33. The number of hydrogen-bond donors (Lipinski definition) is 2. The van der Waals surface area contributed by atoms with Crippen LogP contribution in [0.5, 0.6) is 11.5 Å². The van der Waals surface area contributed by atoms with E-state index in [0.29, 0.717) is 24.3 Å². The first-order chi connectivity index (χ1) is 13.3. The highest BCUT2D eigenvalue weighted by atomic mass is 16.5. The molecule has 1 aromatic heterocycles. The van der Waals surface area contributed by atoms with Crippen LogP contribution in [0.4, 0.5) is 5.69 Å². The fourth-order valence-corrected chi connectivity index (χ4v) is 3.07. The molecule has 0 atom stereocenters. The number of aromatic amines is 1. The number of rotatable bonds is 6. The van der Waals surface area contributed by atoms with Crippen molar-refractivity contribution in [2.45, 2.75) is 12.8 Å². The molecule has 27 heavy (non-hydrogen) atoms. The van der Waals surface area contributed by atoms with Gasteiger partial charge < -0.3 is 15.0 Å². The second-order valence-corrected chi connectivity index (χ2v) is 6.32. The summed E-state index contributed by atoms with van der Waals surface area (Å²) in [5.41, 5.74) is 2.91. The Kier molecular flexibility index (Phi) is 4.88. The highest BCUT2D eigenvalue weighted by Gasteiger charge is 2.10. The van der Waals surface area contributed by atoms with Gasteiger partial charge in [-0.25, -0.2) is 0 Å². The molecule has 4 aromatic rings. The van der Waals surface area contributed by atoms with Gasteiger partial charge in [0.25, 0.3) is 0 Å². The third kappa shape index (κ3) is 4.01. The van der Waals surface area contributed by atoms with Crippen molar-refractivity contribution in [1.82, 2.24) is 4.98 Å². The Bertz CT molecular complexity index is 1050. The van der Waals surface area contributed by atoms with Gasteiger partial charge in [0.2, 0.25) is 5.91 Å². The summed E-state index contributed by atoms with van der Waals surface area (Å²) in [4.78, 5) is 15.7. The summed E-state index contributed by atoms with van der Waals surface area (Å²) in [6.45, 7) is 0. The number of benzene rings is 3. The summed E-state index contributed by atoms with van der Waals surface area (Å²) >= 11 is 0. The highest BCUT2D eigenvalue weighted by Crippen LogP contribution is 2.29. The van der Waals surface area contributed by atoms with E-state index >= 15 is 0 Å². The van der Waals surface area contributed by atoms with Gasteiger partial charge in [-0.15, -0.1) is 0 Å². The molecule has 1 heterocycles. The molecule has 0 saturated heterocycles. The summed E-state index contributed by atoms with van der Waals surface area (Å²) in [6.07, 6.45) is 3.06. The molecule has 0 aliphatic rings. The summed E-state index contributed by atoms with van der Waals surface area (Å²) in [7, 11) is 0. The van der Waals surface area contributed by atoms with Crippen LogP contribution in [0, 0.1) is 0 Å². The van der Waals surface area contributed by atoms with Crippen LogP contribution < -0.4 is 10.1 Å². The van der Waals surface area contributed by atoms with E-state index < -0.39 is 0 Å². The number of nitrogens with one attached hydrogen (secondary N) is 2. The van der Waals surface area contributed by atoms with Crippen molar-refractivity contribution in [2.24, 2.45) is 0 Å². The molecule has 0 unspecified atom stereocenters. The molecule has 4 nitrogen and oxygen atoms in total.